The summed E-state index contributed by atoms with van der Waals surface area (Å²) in [7, 11) is 1.60. The van der Waals surface area contributed by atoms with Crippen LogP contribution in [0.5, 0.6) is 5.75 Å². The molecule has 22 heavy (non-hydrogen) atoms. The van der Waals surface area contributed by atoms with Crippen molar-refractivity contribution in [2.75, 3.05) is 17.7 Å². The number of methoxy groups -OCH3 is 1. The predicted octanol–water partition coefficient (Wildman–Crippen LogP) is 4.55. The molecule has 5 nitrogen and oxygen atoms in total. The molecule has 112 valence electrons. The molecule has 1 heterocycles. The number of hydrogen-bond donors (Lipinski definition) is 2. The topological polar surface area (TPSA) is 63.2 Å². The Labute approximate surface area is 144 Å². The number of para-hydroxylation sites is 1. The first-order valence-electron chi connectivity index (χ1n) is 6.43. The normalized spacial score (nSPS) is 10.5. The molecular weight excluding hydrogens is 413 g/mol. The minimum atomic E-state index is -0.320. The average molecular weight is 425 g/mol. The quantitative estimate of drug-likeness (QED) is 0.606. The zero-order valence-electron chi connectivity index (χ0n) is 11.6. The van der Waals surface area contributed by atoms with Crippen molar-refractivity contribution in [1.29, 1.82) is 0 Å². The third kappa shape index (κ3) is 3.30. The van der Waals surface area contributed by atoms with E-state index in [1.165, 1.54) is 11.3 Å². The lowest BCUT2D eigenvalue weighted by Crippen LogP contribution is -2.19. The Balaban J connectivity index is 1.75. The minimum absolute atomic E-state index is 0.320. The highest BCUT2D eigenvalue weighted by molar-refractivity contribution is 14.1. The van der Waals surface area contributed by atoms with Crippen LogP contribution < -0.4 is 15.4 Å². The maximum Gasteiger partial charge on any atom is 0.325 e. The van der Waals surface area contributed by atoms with Crippen molar-refractivity contribution in [2.24, 2.45) is 0 Å². The van der Waals surface area contributed by atoms with Gasteiger partial charge in [-0.1, -0.05) is 17.4 Å². The molecule has 0 aliphatic heterocycles. The summed E-state index contributed by atoms with van der Waals surface area (Å²) >= 11 is 3.62. The van der Waals surface area contributed by atoms with Gasteiger partial charge in [-0.15, -0.1) is 0 Å². The van der Waals surface area contributed by atoms with Crippen LogP contribution in [0, 0.1) is 3.57 Å². The molecule has 0 saturated carbocycles. The molecule has 0 aliphatic carbocycles. The van der Waals surface area contributed by atoms with E-state index in [9.17, 15) is 4.79 Å². The van der Waals surface area contributed by atoms with Crippen LogP contribution >= 0.6 is 33.9 Å². The molecule has 0 atom stereocenters. The Bertz CT molecular complexity index is 817. The zero-order valence-corrected chi connectivity index (χ0v) is 14.6. The summed E-state index contributed by atoms with van der Waals surface area (Å²) in [5, 5.41) is 6.05. The summed E-state index contributed by atoms with van der Waals surface area (Å²) in [6, 6.07) is 12.9. The predicted molar refractivity (Wildman–Crippen MR) is 98.0 cm³/mol. The van der Waals surface area contributed by atoms with Crippen LogP contribution in [0.2, 0.25) is 0 Å². The largest absolute Gasteiger partial charge is 0.494 e. The molecule has 2 amide bonds. The van der Waals surface area contributed by atoms with Crippen LogP contribution in [0.3, 0.4) is 0 Å². The number of aromatic nitrogens is 1. The number of anilines is 2. The number of amides is 2. The van der Waals surface area contributed by atoms with Crippen LogP contribution in [0.15, 0.2) is 42.5 Å². The molecule has 0 spiro atoms. The SMILES string of the molecule is COc1cccc2sc(NC(=O)Nc3ccc(I)cc3)nc12. The van der Waals surface area contributed by atoms with Gasteiger partial charge in [0, 0.05) is 9.26 Å². The van der Waals surface area contributed by atoms with Crippen molar-refractivity contribution in [3.05, 3.63) is 46.0 Å². The molecule has 0 aliphatic rings. The third-order valence-electron chi connectivity index (χ3n) is 2.92. The number of benzene rings is 2. The van der Waals surface area contributed by atoms with Crippen LogP contribution in [0.25, 0.3) is 10.2 Å². The monoisotopic (exact) mass is 425 g/mol. The van der Waals surface area contributed by atoms with E-state index in [1.807, 2.05) is 42.5 Å². The number of fused-ring (bicyclic) bond motifs is 1. The van der Waals surface area contributed by atoms with Gasteiger partial charge in [0.2, 0.25) is 0 Å². The number of nitrogens with one attached hydrogen (secondary N) is 2. The fourth-order valence-electron chi connectivity index (χ4n) is 1.93. The highest BCUT2D eigenvalue weighted by Gasteiger charge is 2.10. The van der Waals surface area contributed by atoms with Gasteiger partial charge < -0.3 is 10.1 Å². The number of hydrogen-bond acceptors (Lipinski definition) is 4. The number of carbonyl (C=O) groups is 1. The standard InChI is InChI=1S/C15H12IN3O2S/c1-21-11-3-2-4-12-13(11)18-15(22-12)19-14(20)17-10-7-5-9(16)6-8-10/h2-8H,1H3,(H2,17,18,19,20). The lowest BCUT2D eigenvalue weighted by molar-refractivity contribution is 0.262. The lowest BCUT2D eigenvalue weighted by atomic mass is 10.3. The second kappa shape index (κ2) is 6.49. The third-order valence-corrected chi connectivity index (χ3v) is 4.58. The number of urea groups is 1. The number of ether oxygens (including phenoxy) is 1. The molecule has 0 bridgehead atoms. The average Bonchev–Trinajstić information content (AvgIpc) is 2.91. The molecule has 2 aromatic carbocycles. The number of halogens is 1. The summed E-state index contributed by atoms with van der Waals surface area (Å²) in [6.45, 7) is 0. The van der Waals surface area contributed by atoms with Crippen LogP contribution in [-0.4, -0.2) is 18.1 Å². The van der Waals surface area contributed by atoms with E-state index < -0.39 is 0 Å². The van der Waals surface area contributed by atoms with Gasteiger partial charge in [-0.25, -0.2) is 9.78 Å². The maximum atomic E-state index is 12.0. The molecule has 3 aromatic rings. The molecule has 1 aromatic heterocycles. The molecule has 0 fully saturated rings. The fourth-order valence-corrected chi connectivity index (χ4v) is 3.17. The lowest BCUT2D eigenvalue weighted by Gasteiger charge is -2.05. The van der Waals surface area contributed by atoms with E-state index in [0.29, 0.717) is 10.9 Å². The van der Waals surface area contributed by atoms with Gasteiger partial charge in [-0.2, -0.15) is 0 Å². The molecule has 7 heteroatoms. The van der Waals surface area contributed by atoms with Gasteiger partial charge >= 0.3 is 6.03 Å². The van der Waals surface area contributed by atoms with E-state index in [2.05, 4.69) is 38.2 Å². The maximum absolute atomic E-state index is 12.0. The van der Waals surface area contributed by atoms with Crippen LogP contribution in [0.4, 0.5) is 15.6 Å². The van der Waals surface area contributed by atoms with Crippen LogP contribution in [0.1, 0.15) is 0 Å². The van der Waals surface area contributed by atoms with Gasteiger partial charge in [0.15, 0.2) is 5.13 Å². The van der Waals surface area contributed by atoms with Crippen LogP contribution in [-0.2, 0) is 0 Å². The van der Waals surface area contributed by atoms with Crippen molar-refractivity contribution < 1.29 is 9.53 Å². The molecule has 2 N–H and O–H groups in total. The fraction of sp³-hybridized carbons (Fsp3) is 0.0667. The molecule has 0 radical (unpaired) electrons. The first kappa shape index (κ1) is 15.0. The van der Waals surface area contributed by atoms with Crippen molar-refractivity contribution in [2.45, 2.75) is 0 Å². The second-order valence-electron chi connectivity index (χ2n) is 4.41. The van der Waals surface area contributed by atoms with E-state index in [0.717, 1.165) is 19.5 Å². The number of carbonyl (C=O) groups excluding carboxylic acids is 1. The smallest absolute Gasteiger partial charge is 0.325 e. The summed E-state index contributed by atoms with van der Waals surface area (Å²) in [5.74, 6) is 0.694. The zero-order chi connectivity index (χ0) is 15.5. The molecule has 0 saturated heterocycles. The Morgan fingerprint density at radius 2 is 1.95 bits per heavy atom. The Kier molecular flexibility index (Phi) is 4.44. The van der Waals surface area contributed by atoms with Crippen molar-refractivity contribution in [3.8, 4) is 5.75 Å². The van der Waals surface area contributed by atoms with Crippen molar-refractivity contribution >= 4 is 61.0 Å². The summed E-state index contributed by atoms with van der Waals surface area (Å²) in [6.07, 6.45) is 0. The van der Waals surface area contributed by atoms with Gasteiger partial charge in [0.05, 0.1) is 11.8 Å². The molecule has 0 unspecified atom stereocenters. The Hall–Kier alpha value is -1.87. The van der Waals surface area contributed by atoms with Gasteiger partial charge in [0.1, 0.15) is 11.3 Å². The Morgan fingerprint density at radius 3 is 2.68 bits per heavy atom. The summed E-state index contributed by atoms with van der Waals surface area (Å²) < 4.78 is 7.34. The summed E-state index contributed by atoms with van der Waals surface area (Å²) in [5.41, 5.74) is 1.48. The molecule has 3 rings (SSSR count). The Morgan fingerprint density at radius 1 is 1.18 bits per heavy atom. The van der Waals surface area contributed by atoms with E-state index in [1.54, 1.807) is 7.11 Å². The first-order valence-corrected chi connectivity index (χ1v) is 8.32. The number of rotatable bonds is 3. The van der Waals surface area contributed by atoms with Crippen molar-refractivity contribution in [3.63, 3.8) is 0 Å². The highest BCUT2D eigenvalue weighted by Crippen LogP contribution is 2.32. The number of nitrogens with zero attached hydrogens (tertiary/aromatic N) is 1. The first-order chi connectivity index (χ1) is 10.7. The second-order valence-corrected chi connectivity index (χ2v) is 6.69. The summed E-state index contributed by atoms with van der Waals surface area (Å²) in [4.78, 5) is 16.4. The van der Waals surface area contributed by atoms with E-state index >= 15 is 0 Å². The van der Waals surface area contributed by atoms with Crippen molar-refractivity contribution in [1.82, 2.24) is 4.98 Å². The minimum Gasteiger partial charge on any atom is -0.494 e. The number of thiazole rings is 1. The van der Waals surface area contributed by atoms with Gasteiger partial charge in [-0.05, 0) is 59.0 Å². The van der Waals surface area contributed by atoms with Gasteiger partial charge in [0.25, 0.3) is 0 Å². The van der Waals surface area contributed by atoms with Gasteiger partial charge in [-0.3, -0.25) is 5.32 Å². The van der Waals surface area contributed by atoms with E-state index in [4.69, 9.17) is 4.74 Å². The highest BCUT2D eigenvalue weighted by atomic mass is 127. The molecular formula is C15H12IN3O2S. The van der Waals surface area contributed by atoms with E-state index in [-0.39, 0.29) is 6.03 Å².